The summed E-state index contributed by atoms with van der Waals surface area (Å²) in [6.07, 6.45) is 1.77. The van der Waals surface area contributed by atoms with E-state index in [-0.39, 0.29) is 11.9 Å². The van der Waals surface area contributed by atoms with Crippen LogP contribution in [-0.4, -0.2) is 16.4 Å². The van der Waals surface area contributed by atoms with Gasteiger partial charge >= 0.3 is 0 Å². The van der Waals surface area contributed by atoms with Crippen molar-refractivity contribution in [2.24, 2.45) is 5.73 Å². The number of hydrogen-bond acceptors (Lipinski definition) is 3. The van der Waals surface area contributed by atoms with E-state index < -0.39 is 0 Å². The second kappa shape index (κ2) is 5.07. The largest absolute Gasteiger partial charge is 0.329 e. The fraction of sp³-hybridized carbons (Fsp3) is 0.267. The molecule has 1 aliphatic heterocycles. The van der Waals surface area contributed by atoms with E-state index in [0.29, 0.717) is 19.6 Å². The summed E-state index contributed by atoms with van der Waals surface area (Å²) in [6.45, 7) is 1.78. The molecule has 0 aliphatic carbocycles. The maximum atomic E-state index is 13.8. The van der Waals surface area contributed by atoms with Crippen LogP contribution < -0.4 is 5.73 Å². The van der Waals surface area contributed by atoms with Crippen LogP contribution in [0.1, 0.15) is 22.9 Å². The summed E-state index contributed by atoms with van der Waals surface area (Å²) in [4.78, 5) is 6.50. The monoisotopic (exact) mass is 257 g/mol. The number of pyridine rings is 1. The highest BCUT2D eigenvalue weighted by Gasteiger charge is 2.31. The van der Waals surface area contributed by atoms with Gasteiger partial charge in [0.15, 0.2) is 0 Å². The third-order valence-corrected chi connectivity index (χ3v) is 3.63. The summed E-state index contributed by atoms with van der Waals surface area (Å²) >= 11 is 0. The number of nitrogens with zero attached hydrogens (tertiary/aromatic N) is 2. The molecule has 2 N–H and O–H groups in total. The zero-order valence-electron chi connectivity index (χ0n) is 10.6. The minimum Gasteiger partial charge on any atom is -0.329 e. The standard InChI is InChI=1S/C15H16FN3/c16-14-6-3-5-12-13(14)10-19(15(12)8-17)9-11-4-1-2-7-18-11/h1-7,15H,8-10,17H2. The summed E-state index contributed by atoms with van der Waals surface area (Å²) in [6, 6.07) is 11.1. The summed E-state index contributed by atoms with van der Waals surface area (Å²) in [7, 11) is 0. The van der Waals surface area contributed by atoms with Crippen molar-refractivity contribution in [3.05, 3.63) is 65.2 Å². The number of rotatable bonds is 3. The lowest BCUT2D eigenvalue weighted by Gasteiger charge is -2.23. The predicted molar refractivity (Wildman–Crippen MR) is 71.7 cm³/mol. The van der Waals surface area contributed by atoms with Crippen LogP contribution in [0.4, 0.5) is 4.39 Å². The first-order chi connectivity index (χ1) is 9.29. The third-order valence-electron chi connectivity index (χ3n) is 3.63. The molecule has 98 valence electrons. The van der Waals surface area contributed by atoms with Crippen molar-refractivity contribution in [1.29, 1.82) is 0 Å². The Bertz CT molecular complexity index is 571. The summed E-state index contributed by atoms with van der Waals surface area (Å²) < 4.78 is 13.8. The predicted octanol–water partition coefficient (Wildman–Crippen LogP) is 2.24. The van der Waals surface area contributed by atoms with Crippen LogP contribution in [-0.2, 0) is 13.1 Å². The van der Waals surface area contributed by atoms with Gasteiger partial charge in [-0.1, -0.05) is 18.2 Å². The number of benzene rings is 1. The molecule has 0 saturated heterocycles. The number of fused-ring (bicyclic) bond motifs is 1. The van der Waals surface area contributed by atoms with Gasteiger partial charge in [-0.2, -0.15) is 0 Å². The summed E-state index contributed by atoms with van der Waals surface area (Å²) in [5.74, 6) is -0.139. The molecule has 3 rings (SSSR count). The van der Waals surface area contributed by atoms with Gasteiger partial charge in [0.1, 0.15) is 5.82 Å². The second-order valence-corrected chi connectivity index (χ2v) is 4.79. The topological polar surface area (TPSA) is 42.1 Å². The van der Waals surface area contributed by atoms with Crippen molar-refractivity contribution in [2.45, 2.75) is 19.1 Å². The van der Waals surface area contributed by atoms with Crippen molar-refractivity contribution in [1.82, 2.24) is 9.88 Å². The molecule has 1 unspecified atom stereocenters. The minimum atomic E-state index is -0.139. The van der Waals surface area contributed by atoms with Crippen molar-refractivity contribution >= 4 is 0 Å². The molecule has 0 bridgehead atoms. The van der Waals surface area contributed by atoms with E-state index in [1.165, 1.54) is 6.07 Å². The van der Waals surface area contributed by atoms with Crippen LogP contribution in [0.25, 0.3) is 0 Å². The Kier molecular flexibility index (Phi) is 3.27. The fourth-order valence-corrected chi connectivity index (χ4v) is 2.71. The molecule has 1 atom stereocenters. The average Bonchev–Trinajstić information content (AvgIpc) is 2.79. The Balaban J connectivity index is 1.88. The zero-order chi connectivity index (χ0) is 13.2. The van der Waals surface area contributed by atoms with E-state index in [1.54, 1.807) is 12.3 Å². The van der Waals surface area contributed by atoms with Gasteiger partial charge in [-0.3, -0.25) is 9.88 Å². The van der Waals surface area contributed by atoms with E-state index in [0.717, 1.165) is 16.8 Å². The van der Waals surface area contributed by atoms with Gasteiger partial charge in [-0.25, -0.2) is 4.39 Å². The molecule has 3 nitrogen and oxygen atoms in total. The first-order valence-electron chi connectivity index (χ1n) is 6.41. The molecular weight excluding hydrogens is 241 g/mol. The lowest BCUT2D eigenvalue weighted by molar-refractivity contribution is 0.207. The maximum Gasteiger partial charge on any atom is 0.128 e. The van der Waals surface area contributed by atoms with Crippen molar-refractivity contribution in [2.75, 3.05) is 6.54 Å². The van der Waals surface area contributed by atoms with Crippen LogP contribution in [0.2, 0.25) is 0 Å². The molecule has 0 spiro atoms. The van der Waals surface area contributed by atoms with Crippen molar-refractivity contribution in [3.8, 4) is 0 Å². The van der Waals surface area contributed by atoms with Crippen LogP contribution in [0.15, 0.2) is 42.6 Å². The van der Waals surface area contributed by atoms with Gasteiger partial charge in [0.2, 0.25) is 0 Å². The lowest BCUT2D eigenvalue weighted by atomic mass is 10.0. The van der Waals surface area contributed by atoms with Gasteiger partial charge in [-0.05, 0) is 23.8 Å². The molecule has 2 heterocycles. The van der Waals surface area contributed by atoms with E-state index in [4.69, 9.17) is 5.73 Å². The molecule has 2 aromatic rings. The van der Waals surface area contributed by atoms with E-state index >= 15 is 0 Å². The Morgan fingerprint density at radius 3 is 2.89 bits per heavy atom. The van der Waals surface area contributed by atoms with E-state index in [2.05, 4.69) is 9.88 Å². The van der Waals surface area contributed by atoms with Gasteiger partial charge < -0.3 is 5.73 Å². The molecule has 1 aromatic heterocycles. The van der Waals surface area contributed by atoms with Gasteiger partial charge in [0.25, 0.3) is 0 Å². The molecule has 0 saturated carbocycles. The second-order valence-electron chi connectivity index (χ2n) is 4.79. The minimum absolute atomic E-state index is 0.0766. The Morgan fingerprint density at radius 2 is 2.16 bits per heavy atom. The van der Waals surface area contributed by atoms with Crippen LogP contribution in [0, 0.1) is 5.82 Å². The van der Waals surface area contributed by atoms with Gasteiger partial charge in [0, 0.05) is 37.4 Å². The first-order valence-corrected chi connectivity index (χ1v) is 6.41. The molecule has 0 radical (unpaired) electrons. The smallest absolute Gasteiger partial charge is 0.128 e. The van der Waals surface area contributed by atoms with E-state index in [1.807, 2.05) is 24.3 Å². The highest BCUT2D eigenvalue weighted by atomic mass is 19.1. The third kappa shape index (κ3) is 2.25. The average molecular weight is 257 g/mol. The van der Waals surface area contributed by atoms with Crippen LogP contribution >= 0.6 is 0 Å². The molecular formula is C15H16FN3. The molecule has 0 amide bonds. The number of hydrogen-bond donors (Lipinski definition) is 1. The molecule has 1 aromatic carbocycles. The number of halogens is 1. The lowest BCUT2D eigenvalue weighted by Crippen LogP contribution is -2.27. The number of nitrogens with two attached hydrogens (primary N) is 1. The summed E-state index contributed by atoms with van der Waals surface area (Å²) in [5, 5.41) is 0. The highest BCUT2D eigenvalue weighted by Crippen LogP contribution is 2.35. The normalized spacial score (nSPS) is 18.5. The first kappa shape index (κ1) is 12.3. The quantitative estimate of drug-likeness (QED) is 0.917. The molecule has 4 heteroatoms. The molecule has 1 aliphatic rings. The van der Waals surface area contributed by atoms with Gasteiger partial charge in [0.05, 0.1) is 5.69 Å². The van der Waals surface area contributed by atoms with E-state index in [9.17, 15) is 4.39 Å². The van der Waals surface area contributed by atoms with Gasteiger partial charge in [-0.15, -0.1) is 0 Å². The SMILES string of the molecule is NCC1c2cccc(F)c2CN1Cc1ccccn1. The Labute approximate surface area is 111 Å². The summed E-state index contributed by atoms with van der Waals surface area (Å²) in [5.41, 5.74) is 8.62. The Morgan fingerprint density at radius 1 is 1.26 bits per heavy atom. The Hall–Kier alpha value is -1.78. The fourth-order valence-electron chi connectivity index (χ4n) is 2.71. The van der Waals surface area contributed by atoms with Crippen LogP contribution in [0.5, 0.6) is 0 Å². The highest BCUT2D eigenvalue weighted by molar-refractivity contribution is 5.35. The van der Waals surface area contributed by atoms with Crippen molar-refractivity contribution < 1.29 is 4.39 Å². The van der Waals surface area contributed by atoms with Crippen LogP contribution in [0.3, 0.4) is 0 Å². The molecule has 19 heavy (non-hydrogen) atoms. The maximum absolute atomic E-state index is 13.8. The molecule has 0 fully saturated rings. The zero-order valence-corrected chi connectivity index (χ0v) is 10.6. The van der Waals surface area contributed by atoms with Crippen molar-refractivity contribution in [3.63, 3.8) is 0 Å². The number of aromatic nitrogens is 1.